The molecule has 1 saturated heterocycles. The van der Waals surface area contributed by atoms with Crippen molar-refractivity contribution in [3.05, 3.63) is 94.3 Å². The second kappa shape index (κ2) is 11.7. The number of amides is 1. The van der Waals surface area contributed by atoms with Gasteiger partial charge in [-0.1, -0.05) is 35.9 Å². The van der Waals surface area contributed by atoms with Crippen LogP contribution in [-0.4, -0.2) is 56.2 Å². The average molecular weight is 499 g/mol. The largest absolute Gasteiger partial charge is 0.395 e. The lowest BCUT2D eigenvalue weighted by Crippen LogP contribution is -2.35. The normalized spacial score (nSPS) is 18.4. The number of pyridine rings is 2. The molecule has 7 nitrogen and oxygen atoms in total. The van der Waals surface area contributed by atoms with Crippen molar-refractivity contribution < 1.29 is 19.4 Å². The smallest absolute Gasteiger partial charge is 0.254 e. The van der Waals surface area contributed by atoms with E-state index in [2.05, 4.69) is 15.3 Å². The molecule has 1 amide bonds. The Balaban J connectivity index is 1.35. The number of aliphatic hydroxyl groups is 2. The van der Waals surface area contributed by atoms with Crippen molar-refractivity contribution in [2.45, 2.75) is 44.0 Å². The van der Waals surface area contributed by atoms with E-state index in [1.165, 1.54) is 11.1 Å². The maximum absolute atomic E-state index is 14.0. The average Bonchev–Trinajstić information content (AvgIpc) is 3.33. The Morgan fingerprint density at radius 1 is 1.17 bits per heavy atom. The molecule has 9 heteroatoms. The van der Waals surface area contributed by atoms with Gasteiger partial charge < -0.3 is 20.4 Å². The summed E-state index contributed by atoms with van der Waals surface area (Å²) >= 11 is 5.83. The zero-order valence-electron chi connectivity index (χ0n) is 19.1. The van der Waals surface area contributed by atoms with Crippen molar-refractivity contribution in [3.8, 4) is 0 Å². The molecule has 3 aromatic rings. The quantitative estimate of drug-likeness (QED) is 0.392. The molecule has 0 spiro atoms. The first-order chi connectivity index (χ1) is 16.9. The number of halogens is 2. The van der Waals surface area contributed by atoms with E-state index in [0.717, 1.165) is 30.4 Å². The number of hydrogen-bond donors (Lipinski definition) is 3. The van der Waals surface area contributed by atoms with Gasteiger partial charge in [0.1, 0.15) is 5.15 Å². The van der Waals surface area contributed by atoms with Crippen molar-refractivity contribution in [1.29, 1.82) is 0 Å². The van der Waals surface area contributed by atoms with Gasteiger partial charge in [0.15, 0.2) is 0 Å². The summed E-state index contributed by atoms with van der Waals surface area (Å²) in [4.78, 5) is 22.1. The first kappa shape index (κ1) is 25.2. The van der Waals surface area contributed by atoms with Gasteiger partial charge in [0.25, 0.3) is 5.91 Å². The van der Waals surface area contributed by atoms with Crippen molar-refractivity contribution in [2.24, 2.45) is 0 Å². The van der Waals surface area contributed by atoms with E-state index in [1.807, 2.05) is 12.1 Å². The van der Waals surface area contributed by atoms with Crippen LogP contribution in [0.5, 0.6) is 0 Å². The van der Waals surface area contributed by atoms with Crippen LogP contribution in [0.4, 0.5) is 4.39 Å². The molecule has 0 bridgehead atoms. The highest BCUT2D eigenvalue weighted by atomic mass is 35.5. The summed E-state index contributed by atoms with van der Waals surface area (Å²) in [5.41, 5.74) is 2.56. The number of aromatic nitrogens is 2. The molecular weight excluding hydrogens is 471 g/mol. The van der Waals surface area contributed by atoms with E-state index in [4.69, 9.17) is 11.6 Å². The van der Waals surface area contributed by atoms with Gasteiger partial charge in [0.05, 0.1) is 19.3 Å². The third-order valence-corrected chi connectivity index (χ3v) is 6.51. The van der Waals surface area contributed by atoms with Gasteiger partial charge in [-0.25, -0.2) is 9.97 Å². The molecule has 35 heavy (non-hydrogen) atoms. The molecule has 1 aromatic carbocycles. The fourth-order valence-electron chi connectivity index (χ4n) is 4.42. The predicted molar refractivity (Wildman–Crippen MR) is 130 cm³/mol. The van der Waals surface area contributed by atoms with Crippen molar-refractivity contribution >= 4 is 17.5 Å². The molecule has 3 heterocycles. The Morgan fingerprint density at radius 3 is 2.66 bits per heavy atom. The number of nitrogens with one attached hydrogen (secondary N) is 1. The summed E-state index contributed by atoms with van der Waals surface area (Å²) < 4.78 is 14.0. The highest BCUT2D eigenvalue weighted by Gasteiger charge is 2.30. The zero-order valence-corrected chi connectivity index (χ0v) is 19.9. The van der Waals surface area contributed by atoms with E-state index < -0.39 is 12.1 Å². The third-order valence-electron chi connectivity index (χ3n) is 6.29. The fraction of sp³-hybridized carbons (Fsp3) is 0.346. The lowest BCUT2D eigenvalue weighted by atomic mass is 10.0. The lowest BCUT2D eigenvalue weighted by Gasteiger charge is -2.22. The summed E-state index contributed by atoms with van der Waals surface area (Å²) in [5, 5.41) is 24.0. The highest BCUT2D eigenvalue weighted by Crippen LogP contribution is 2.27. The molecule has 4 rings (SSSR count). The van der Waals surface area contributed by atoms with Crippen molar-refractivity contribution in [3.63, 3.8) is 0 Å². The van der Waals surface area contributed by atoms with Gasteiger partial charge in [-0.05, 0) is 49.1 Å². The molecule has 0 saturated carbocycles. The van der Waals surface area contributed by atoms with Gasteiger partial charge in [0.2, 0.25) is 5.95 Å². The van der Waals surface area contributed by atoms with Gasteiger partial charge in [-0.2, -0.15) is 4.39 Å². The van der Waals surface area contributed by atoms with E-state index in [-0.39, 0.29) is 37.7 Å². The van der Waals surface area contributed by atoms with Crippen LogP contribution in [0.3, 0.4) is 0 Å². The molecule has 0 radical (unpaired) electrons. The number of carbonyl (C=O) groups excluding carboxylic acids is 1. The number of carbonyl (C=O) groups is 1. The molecule has 1 fully saturated rings. The molecule has 184 valence electrons. The van der Waals surface area contributed by atoms with E-state index in [9.17, 15) is 19.4 Å². The Labute approximate surface area is 208 Å². The topological polar surface area (TPSA) is 98.6 Å². The second-order valence-electron chi connectivity index (χ2n) is 8.71. The molecular formula is C26H28ClFN4O3. The van der Waals surface area contributed by atoms with Crippen LogP contribution in [0.15, 0.2) is 60.9 Å². The van der Waals surface area contributed by atoms with Gasteiger partial charge in [-0.3, -0.25) is 4.79 Å². The first-order valence-corrected chi connectivity index (χ1v) is 12.0. The Morgan fingerprint density at radius 2 is 1.97 bits per heavy atom. The molecule has 3 N–H and O–H groups in total. The van der Waals surface area contributed by atoms with Crippen LogP contribution in [0.25, 0.3) is 0 Å². The van der Waals surface area contributed by atoms with Gasteiger partial charge >= 0.3 is 0 Å². The van der Waals surface area contributed by atoms with Gasteiger partial charge in [0, 0.05) is 47.7 Å². The van der Waals surface area contributed by atoms with Crippen LogP contribution in [0.1, 0.15) is 46.0 Å². The minimum absolute atomic E-state index is 0.0274. The Bertz CT molecular complexity index is 1130. The molecule has 1 aliphatic rings. The maximum Gasteiger partial charge on any atom is 0.254 e. The molecule has 0 unspecified atom stereocenters. The zero-order chi connectivity index (χ0) is 24.8. The maximum atomic E-state index is 14.0. The first-order valence-electron chi connectivity index (χ1n) is 11.6. The Kier molecular flexibility index (Phi) is 8.41. The number of benzene rings is 1. The monoisotopic (exact) mass is 498 g/mol. The van der Waals surface area contributed by atoms with Crippen LogP contribution in [0.2, 0.25) is 5.15 Å². The highest BCUT2D eigenvalue weighted by molar-refractivity contribution is 6.29. The predicted octanol–water partition coefficient (Wildman–Crippen LogP) is 3.30. The SMILES string of the molecule is O=C(c1ccc(C[C@@H]2CC[C@H]([C@H](O)c3ccc(Cl)nc3)N2)cc1)N(CCO)Cc1cccnc1F. The molecule has 1 aliphatic heterocycles. The summed E-state index contributed by atoms with van der Waals surface area (Å²) in [6.07, 6.45) is 4.81. The minimum Gasteiger partial charge on any atom is -0.395 e. The third kappa shape index (κ3) is 6.41. The van der Waals surface area contributed by atoms with Crippen LogP contribution >= 0.6 is 11.6 Å². The fourth-order valence-corrected chi connectivity index (χ4v) is 4.53. The standard InChI is InChI=1S/C26H28ClFN4O3/c27-23-10-7-19(15-30-23)24(34)22-9-8-21(31-22)14-17-3-5-18(6-4-17)26(35)32(12-13-33)16-20-2-1-11-29-25(20)28/h1-7,10-11,15,21-22,24,31,33-34H,8-9,12-14,16H2/t21-,22+,24+/m0/s1. The summed E-state index contributed by atoms with van der Waals surface area (Å²) in [5.74, 6) is -0.911. The number of hydrogen-bond acceptors (Lipinski definition) is 6. The van der Waals surface area contributed by atoms with Crippen molar-refractivity contribution in [2.75, 3.05) is 13.2 Å². The van der Waals surface area contributed by atoms with E-state index >= 15 is 0 Å². The van der Waals surface area contributed by atoms with Gasteiger partial charge in [-0.15, -0.1) is 0 Å². The number of rotatable bonds is 9. The molecule has 3 atom stereocenters. The summed E-state index contributed by atoms with van der Waals surface area (Å²) in [7, 11) is 0. The van der Waals surface area contributed by atoms with Crippen LogP contribution in [0, 0.1) is 5.95 Å². The van der Waals surface area contributed by atoms with Crippen molar-refractivity contribution in [1.82, 2.24) is 20.2 Å². The van der Waals surface area contributed by atoms with E-state index in [1.54, 1.807) is 42.6 Å². The molecule has 2 aromatic heterocycles. The van der Waals surface area contributed by atoms with Crippen LogP contribution < -0.4 is 5.32 Å². The Hall–Kier alpha value is -2.91. The molecule has 0 aliphatic carbocycles. The lowest BCUT2D eigenvalue weighted by molar-refractivity contribution is 0.0705. The van der Waals surface area contributed by atoms with Crippen LogP contribution in [-0.2, 0) is 13.0 Å². The minimum atomic E-state index is -0.660. The summed E-state index contributed by atoms with van der Waals surface area (Å²) in [6.45, 7) is -0.106. The summed E-state index contributed by atoms with van der Waals surface area (Å²) in [6, 6.07) is 14.1. The second-order valence-corrected chi connectivity index (χ2v) is 9.10. The number of nitrogens with zero attached hydrogens (tertiary/aromatic N) is 3. The number of aliphatic hydroxyl groups excluding tert-OH is 2. The van der Waals surface area contributed by atoms with E-state index in [0.29, 0.717) is 16.3 Å².